The summed E-state index contributed by atoms with van der Waals surface area (Å²) in [4.78, 5) is 13.3. The Hall–Kier alpha value is -0.0900. The largest absolute Gasteiger partial charge is 0.297 e. The summed E-state index contributed by atoms with van der Waals surface area (Å²) in [6.45, 7) is 5.23. The lowest BCUT2D eigenvalue weighted by atomic mass is 9.99. The molecule has 0 bridgehead atoms. The van der Waals surface area contributed by atoms with Gasteiger partial charge in [-0.05, 0) is 12.3 Å². The van der Waals surface area contributed by atoms with Gasteiger partial charge in [0.1, 0.15) is 4.32 Å². The van der Waals surface area contributed by atoms with Crippen LogP contribution in [0.3, 0.4) is 0 Å². The predicted molar refractivity (Wildman–Crippen MR) is 70.1 cm³/mol. The molecule has 1 rings (SSSR count). The molecule has 0 radical (unpaired) electrons. The molecule has 1 fully saturated rings. The Labute approximate surface area is 102 Å². The van der Waals surface area contributed by atoms with Gasteiger partial charge in [0.2, 0.25) is 5.91 Å². The Kier molecular flexibility index (Phi) is 5.61. The van der Waals surface area contributed by atoms with E-state index in [-0.39, 0.29) is 5.91 Å². The lowest BCUT2D eigenvalue weighted by Gasteiger charge is -2.21. The number of thiocarbonyl (C=S) groups is 1. The molecule has 1 saturated heterocycles. The first-order valence-electron chi connectivity index (χ1n) is 5.66. The molecule has 0 saturated carbocycles. The summed E-state index contributed by atoms with van der Waals surface area (Å²) < 4.78 is 0.773. The molecule has 4 heteroatoms. The van der Waals surface area contributed by atoms with Crippen molar-refractivity contribution in [3.8, 4) is 0 Å². The second kappa shape index (κ2) is 6.48. The molecule has 1 heterocycles. The molecule has 0 N–H and O–H groups in total. The van der Waals surface area contributed by atoms with Crippen molar-refractivity contribution in [1.29, 1.82) is 0 Å². The van der Waals surface area contributed by atoms with Crippen molar-refractivity contribution in [2.24, 2.45) is 5.92 Å². The minimum atomic E-state index is 0.194. The van der Waals surface area contributed by atoms with Crippen LogP contribution in [0.25, 0.3) is 0 Å². The van der Waals surface area contributed by atoms with Gasteiger partial charge in [0.05, 0.1) is 5.75 Å². The maximum Gasteiger partial charge on any atom is 0.238 e. The Bertz CT molecular complexity index is 227. The van der Waals surface area contributed by atoms with Crippen molar-refractivity contribution < 1.29 is 4.79 Å². The second-order valence-electron chi connectivity index (χ2n) is 3.98. The molecule has 0 spiro atoms. The van der Waals surface area contributed by atoms with E-state index in [9.17, 15) is 4.79 Å². The number of amides is 1. The highest BCUT2D eigenvalue weighted by molar-refractivity contribution is 8.23. The normalized spacial score (nSPS) is 18.7. The van der Waals surface area contributed by atoms with Crippen LogP contribution in [-0.4, -0.2) is 27.4 Å². The van der Waals surface area contributed by atoms with E-state index in [2.05, 4.69) is 13.8 Å². The van der Waals surface area contributed by atoms with Crippen LogP contribution in [0.4, 0.5) is 0 Å². The maximum absolute atomic E-state index is 11.5. The Morgan fingerprint density at radius 3 is 2.73 bits per heavy atom. The zero-order valence-electron chi connectivity index (χ0n) is 9.49. The molecular weight excluding hydrogens is 226 g/mol. The minimum absolute atomic E-state index is 0.194. The summed E-state index contributed by atoms with van der Waals surface area (Å²) in [7, 11) is 0. The molecule has 0 aromatic rings. The van der Waals surface area contributed by atoms with Crippen LogP contribution in [0, 0.1) is 5.92 Å². The standard InChI is InChI=1S/C11H19NOS2/c1-3-5-6-9(4-2)7-12-10(13)8-15-11(12)14/h9H,3-8H2,1-2H3/t9-/m0/s1. The van der Waals surface area contributed by atoms with E-state index in [1.54, 1.807) is 4.90 Å². The van der Waals surface area contributed by atoms with Crippen LogP contribution in [0.2, 0.25) is 0 Å². The molecule has 0 aromatic carbocycles. The van der Waals surface area contributed by atoms with Crippen molar-refractivity contribution in [3.63, 3.8) is 0 Å². The fourth-order valence-electron chi connectivity index (χ4n) is 1.73. The van der Waals surface area contributed by atoms with Crippen molar-refractivity contribution in [1.82, 2.24) is 4.90 Å². The summed E-state index contributed by atoms with van der Waals surface area (Å²) in [5.41, 5.74) is 0. The molecule has 15 heavy (non-hydrogen) atoms. The molecule has 0 aromatic heterocycles. The van der Waals surface area contributed by atoms with E-state index in [0.717, 1.165) is 17.3 Å². The number of rotatable bonds is 6. The van der Waals surface area contributed by atoms with Crippen LogP contribution in [0.15, 0.2) is 0 Å². The van der Waals surface area contributed by atoms with Crippen LogP contribution in [0.5, 0.6) is 0 Å². The van der Waals surface area contributed by atoms with Gasteiger partial charge < -0.3 is 0 Å². The summed E-state index contributed by atoms with van der Waals surface area (Å²) >= 11 is 6.66. The number of carbonyl (C=O) groups excluding carboxylic acids is 1. The number of thioether (sulfide) groups is 1. The summed E-state index contributed by atoms with van der Waals surface area (Å²) in [5.74, 6) is 1.36. The van der Waals surface area contributed by atoms with E-state index >= 15 is 0 Å². The number of hydrogen-bond acceptors (Lipinski definition) is 3. The van der Waals surface area contributed by atoms with Crippen LogP contribution >= 0.6 is 24.0 Å². The van der Waals surface area contributed by atoms with E-state index in [4.69, 9.17) is 12.2 Å². The third-order valence-corrected chi connectivity index (χ3v) is 4.26. The van der Waals surface area contributed by atoms with Crippen molar-refractivity contribution >= 4 is 34.2 Å². The third kappa shape index (κ3) is 3.76. The monoisotopic (exact) mass is 245 g/mol. The first-order valence-corrected chi connectivity index (χ1v) is 7.05. The minimum Gasteiger partial charge on any atom is -0.297 e. The lowest BCUT2D eigenvalue weighted by molar-refractivity contribution is -0.124. The number of nitrogens with zero attached hydrogens (tertiary/aromatic N) is 1. The van der Waals surface area contributed by atoms with Gasteiger partial charge in [-0.3, -0.25) is 9.69 Å². The Balaban J connectivity index is 2.43. The SMILES string of the molecule is CCCC[C@H](CC)CN1C(=O)CSC1=S. The van der Waals surface area contributed by atoms with Gasteiger partial charge in [0, 0.05) is 6.54 Å². The highest BCUT2D eigenvalue weighted by Gasteiger charge is 2.27. The van der Waals surface area contributed by atoms with Crippen LogP contribution in [0.1, 0.15) is 39.5 Å². The quantitative estimate of drug-likeness (QED) is 0.671. The topological polar surface area (TPSA) is 20.3 Å². The zero-order valence-corrected chi connectivity index (χ0v) is 11.1. The second-order valence-corrected chi connectivity index (χ2v) is 5.58. The molecule has 1 aliphatic rings. The fourth-order valence-corrected chi connectivity index (χ4v) is 2.82. The first kappa shape index (κ1) is 13.0. The molecule has 1 atom stereocenters. The molecular formula is C11H19NOS2. The Morgan fingerprint density at radius 1 is 1.53 bits per heavy atom. The predicted octanol–water partition coefficient (Wildman–Crippen LogP) is 3.06. The third-order valence-electron chi connectivity index (χ3n) is 2.82. The van der Waals surface area contributed by atoms with Crippen molar-refractivity contribution in [2.45, 2.75) is 39.5 Å². The van der Waals surface area contributed by atoms with Gasteiger partial charge >= 0.3 is 0 Å². The van der Waals surface area contributed by atoms with Gasteiger partial charge in [-0.2, -0.15) is 0 Å². The van der Waals surface area contributed by atoms with Crippen LogP contribution < -0.4 is 0 Å². The Morgan fingerprint density at radius 2 is 2.27 bits per heavy atom. The number of unbranched alkanes of at least 4 members (excludes halogenated alkanes) is 1. The van der Waals surface area contributed by atoms with E-state index in [1.165, 1.54) is 31.0 Å². The summed E-state index contributed by atoms with van der Waals surface area (Å²) in [5, 5.41) is 0. The lowest BCUT2D eigenvalue weighted by Crippen LogP contribution is -2.33. The van der Waals surface area contributed by atoms with Gasteiger partial charge in [-0.25, -0.2) is 0 Å². The molecule has 2 nitrogen and oxygen atoms in total. The van der Waals surface area contributed by atoms with Gasteiger partial charge in [0.15, 0.2) is 0 Å². The average Bonchev–Trinajstić information content (AvgIpc) is 2.55. The molecule has 0 unspecified atom stereocenters. The fraction of sp³-hybridized carbons (Fsp3) is 0.818. The van der Waals surface area contributed by atoms with Gasteiger partial charge in [0.25, 0.3) is 0 Å². The highest BCUT2D eigenvalue weighted by Crippen LogP contribution is 2.23. The maximum atomic E-state index is 11.5. The van der Waals surface area contributed by atoms with E-state index < -0.39 is 0 Å². The zero-order chi connectivity index (χ0) is 11.3. The van der Waals surface area contributed by atoms with Crippen molar-refractivity contribution in [2.75, 3.05) is 12.3 Å². The highest BCUT2D eigenvalue weighted by atomic mass is 32.2. The van der Waals surface area contributed by atoms with Crippen LogP contribution in [-0.2, 0) is 4.79 Å². The van der Waals surface area contributed by atoms with Crippen molar-refractivity contribution in [3.05, 3.63) is 0 Å². The average molecular weight is 245 g/mol. The van der Waals surface area contributed by atoms with Gasteiger partial charge in [-0.15, -0.1) is 0 Å². The van der Waals surface area contributed by atoms with E-state index in [1.807, 2.05) is 0 Å². The first-order chi connectivity index (χ1) is 7.19. The van der Waals surface area contributed by atoms with Gasteiger partial charge in [-0.1, -0.05) is 57.1 Å². The number of carbonyl (C=O) groups is 1. The molecule has 1 aliphatic heterocycles. The molecule has 0 aliphatic carbocycles. The smallest absolute Gasteiger partial charge is 0.238 e. The molecule has 86 valence electrons. The number of hydrogen-bond donors (Lipinski definition) is 0. The molecule has 1 amide bonds. The summed E-state index contributed by atoms with van der Waals surface area (Å²) in [6, 6.07) is 0. The summed E-state index contributed by atoms with van der Waals surface area (Å²) in [6.07, 6.45) is 4.82. The van der Waals surface area contributed by atoms with E-state index in [0.29, 0.717) is 11.7 Å².